The molecule has 0 aromatic carbocycles. The van der Waals surface area contributed by atoms with E-state index in [2.05, 4.69) is 0 Å². The van der Waals surface area contributed by atoms with E-state index < -0.39 is 35.3 Å². The van der Waals surface area contributed by atoms with E-state index in [0.717, 1.165) is 0 Å². The van der Waals surface area contributed by atoms with E-state index in [4.69, 9.17) is 18.9 Å². The predicted molar refractivity (Wildman–Crippen MR) is 75.6 cm³/mol. The molecule has 0 saturated carbocycles. The zero-order valence-corrected chi connectivity index (χ0v) is 13.8. The Hall–Kier alpha value is -0.240. The van der Waals surface area contributed by atoms with Gasteiger partial charge in [0.1, 0.15) is 12.2 Å². The summed E-state index contributed by atoms with van der Waals surface area (Å²) in [5.74, 6) is -1.06. The van der Waals surface area contributed by atoms with Gasteiger partial charge in [-0.25, -0.2) is 0 Å². The van der Waals surface area contributed by atoms with Crippen molar-refractivity contribution in [1.29, 1.82) is 0 Å². The minimum Gasteiger partial charge on any atom is -0.388 e. The fraction of sp³-hybridized carbons (Fsp3) is 1.00. The zero-order chi connectivity index (χ0) is 16.1. The highest BCUT2D eigenvalue weighted by molar-refractivity contribution is 5.05. The second-order valence-electron chi connectivity index (χ2n) is 6.95. The lowest BCUT2D eigenvalue weighted by Gasteiger charge is -2.60. The van der Waals surface area contributed by atoms with Crippen LogP contribution in [0.25, 0.3) is 0 Å². The van der Waals surface area contributed by atoms with Crippen molar-refractivity contribution in [3.05, 3.63) is 0 Å². The molecule has 1 spiro atoms. The van der Waals surface area contributed by atoms with Gasteiger partial charge in [-0.15, -0.1) is 0 Å². The summed E-state index contributed by atoms with van der Waals surface area (Å²) in [5, 5.41) is 19.5. The molecule has 4 atom stereocenters. The molecule has 2 heterocycles. The quantitative estimate of drug-likeness (QED) is 0.794. The number of rotatable bonds is 2. The summed E-state index contributed by atoms with van der Waals surface area (Å²) < 4.78 is 23.4. The maximum absolute atomic E-state index is 9.94. The highest BCUT2D eigenvalue weighted by atomic mass is 16.7. The number of hydrogen-bond donors (Lipinski definition) is 2. The van der Waals surface area contributed by atoms with Gasteiger partial charge in [0.15, 0.2) is 12.1 Å². The SMILES string of the molecule is CC(O)C1OCC2(CO1)C(C)OC(C)(C(C)O)OC2(C)C. The summed E-state index contributed by atoms with van der Waals surface area (Å²) in [6, 6.07) is 0. The Morgan fingerprint density at radius 2 is 1.57 bits per heavy atom. The molecule has 2 aliphatic heterocycles. The number of aliphatic hydroxyl groups is 2. The van der Waals surface area contributed by atoms with Crippen LogP contribution in [0.3, 0.4) is 0 Å². The third kappa shape index (κ3) is 2.73. The first-order chi connectivity index (χ1) is 9.54. The van der Waals surface area contributed by atoms with Crippen LogP contribution in [0.5, 0.6) is 0 Å². The van der Waals surface area contributed by atoms with Crippen molar-refractivity contribution in [2.24, 2.45) is 5.41 Å². The molecule has 0 aromatic heterocycles. The molecule has 21 heavy (non-hydrogen) atoms. The molecule has 4 unspecified atom stereocenters. The lowest BCUT2D eigenvalue weighted by Crippen LogP contribution is -2.70. The lowest BCUT2D eigenvalue weighted by atomic mass is 9.69. The van der Waals surface area contributed by atoms with E-state index in [-0.39, 0.29) is 6.10 Å². The topological polar surface area (TPSA) is 77.4 Å². The van der Waals surface area contributed by atoms with Gasteiger partial charge in [0, 0.05) is 0 Å². The van der Waals surface area contributed by atoms with Crippen LogP contribution in [0.2, 0.25) is 0 Å². The maximum atomic E-state index is 9.94. The number of aliphatic hydroxyl groups excluding tert-OH is 2. The van der Waals surface area contributed by atoms with Gasteiger partial charge in [-0.3, -0.25) is 0 Å². The maximum Gasteiger partial charge on any atom is 0.192 e. The molecular weight excluding hydrogens is 276 g/mol. The van der Waals surface area contributed by atoms with Crippen LogP contribution in [0.4, 0.5) is 0 Å². The molecule has 2 N–H and O–H groups in total. The first kappa shape index (κ1) is 17.1. The largest absolute Gasteiger partial charge is 0.388 e. The second-order valence-corrected chi connectivity index (χ2v) is 6.95. The van der Waals surface area contributed by atoms with Crippen molar-refractivity contribution < 1.29 is 29.2 Å². The van der Waals surface area contributed by atoms with E-state index in [9.17, 15) is 10.2 Å². The van der Waals surface area contributed by atoms with E-state index in [1.54, 1.807) is 20.8 Å². The molecule has 0 amide bonds. The van der Waals surface area contributed by atoms with Gasteiger partial charge in [-0.2, -0.15) is 0 Å². The van der Waals surface area contributed by atoms with Crippen LogP contribution in [-0.2, 0) is 18.9 Å². The molecule has 2 aliphatic rings. The summed E-state index contributed by atoms with van der Waals surface area (Å²) in [6.07, 6.45) is -2.29. The van der Waals surface area contributed by atoms with Gasteiger partial charge >= 0.3 is 0 Å². The van der Waals surface area contributed by atoms with Crippen LogP contribution in [-0.4, -0.2) is 59.4 Å². The molecule has 2 fully saturated rings. The fourth-order valence-electron chi connectivity index (χ4n) is 3.18. The van der Waals surface area contributed by atoms with Crippen molar-refractivity contribution in [1.82, 2.24) is 0 Å². The molecule has 124 valence electrons. The first-order valence-corrected chi connectivity index (χ1v) is 7.51. The number of hydrogen-bond acceptors (Lipinski definition) is 6. The Morgan fingerprint density at radius 1 is 1.05 bits per heavy atom. The van der Waals surface area contributed by atoms with Gasteiger partial charge in [0.05, 0.1) is 30.3 Å². The Balaban J connectivity index is 2.22. The van der Waals surface area contributed by atoms with Gasteiger partial charge < -0.3 is 29.2 Å². The third-order valence-electron chi connectivity index (χ3n) is 5.01. The van der Waals surface area contributed by atoms with E-state index >= 15 is 0 Å². The van der Waals surface area contributed by atoms with Crippen molar-refractivity contribution in [3.63, 3.8) is 0 Å². The molecule has 2 saturated heterocycles. The molecule has 6 heteroatoms. The van der Waals surface area contributed by atoms with Gasteiger partial charge in [0.2, 0.25) is 0 Å². The van der Waals surface area contributed by atoms with E-state index in [1.807, 2.05) is 20.8 Å². The average Bonchev–Trinajstić information content (AvgIpc) is 2.36. The monoisotopic (exact) mass is 304 g/mol. The summed E-state index contributed by atoms with van der Waals surface area (Å²) in [5.41, 5.74) is -1.10. The molecular formula is C15H28O6. The molecule has 0 bridgehead atoms. The Bertz CT molecular complexity index is 372. The van der Waals surface area contributed by atoms with E-state index in [1.165, 1.54) is 0 Å². The average molecular weight is 304 g/mol. The van der Waals surface area contributed by atoms with Crippen LogP contribution in [0, 0.1) is 5.41 Å². The summed E-state index contributed by atoms with van der Waals surface area (Å²) in [7, 11) is 0. The normalized spacial score (nSPS) is 46.3. The van der Waals surface area contributed by atoms with Crippen molar-refractivity contribution in [2.75, 3.05) is 13.2 Å². The van der Waals surface area contributed by atoms with E-state index in [0.29, 0.717) is 13.2 Å². The van der Waals surface area contributed by atoms with Crippen molar-refractivity contribution in [3.8, 4) is 0 Å². The highest BCUT2D eigenvalue weighted by Gasteiger charge is 2.61. The molecule has 6 nitrogen and oxygen atoms in total. The van der Waals surface area contributed by atoms with Crippen LogP contribution >= 0.6 is 0 Å². The molecule has 0 radical (unpaired) electrons. The minimum atomic E-state index is -1.06. The lowest BCUT2D eigenvalue weighted by molar-refractivity contribution is -0.429. The van der Waals surface area contributed by atoms with Crippen LogP contribution in [0.1, 0.15) is 41.5 Å². The zero-order valence-electron chi connectivity index (χ0n) is 13.8. The predicted octanol–water partition coefficient (Wildman–Crippen LogP) is 1.04. The standard InChI is InChI=1S/C15H28O6/c1-9(16)12-18-7-15(8-19-12)11(3)20-14(6,10(2)17)21-13(15,4)5/h9-12,16-17H,7-8H2,1-6H3. The molecule has 2 rings (SSSR count). The summed E-state index contributed by atoms with van der Waals surface area (Å²) in [4.78, 5) is 0. The molecule has 0 aromatic rings. The van der Waals surface area contributed by atoms with Gasteiger partial charge in [-0.1, -0.05) is 0 Å². The summed E-state index contributed by atoms with van der Waals surface area (Å²) in [6.45, 7) is 11.6. The minimum absolute atomic E-state index is 0.226. The Morgan fingerprint density at radius 3 is 1.95 bits per heavy atom. The van der Waals surface area contributed by atoms with Gasteiger partial charge in [-0.05, 0) is 41.5 Å². The Labute approximate surface area is 126 Å². The fourth-order valence-corrected chi connectivity index (χ4v) is 3.18. The smallest absolute Gasteiger partial charge is 0.192 e. The second kappa shape index (κ2) is 5.44. The Kier molecular flexibility index (Phi) is 4.43. The van der Waals surface area contributed by atoms with Crippen molar-refractivity contribution in [2.45, 2.75) is 77.5 Å². The number of ether oxygens (including phenoxy) is 4. The first-order valence-electron chi connectivity index (χ1n) is 7.51. The van der Waals surface area contributed by atoms with Crippen molar-refractivity contribution >= 4 is 0 Å². The summed E-state index contributed by atoms with van der Waals surface area (Å²) >= 11 is 0. The van der Waals surface area contributed by atoms with Crippen LogP contribution in [0.15, 0.2) is 0 Å². The van der Waals surface area contributed by atoms with Crippen LogP contribution < -0.4 is 0 Å². The highest BCUT2D eigenvalue weighted by Crippen LogP contribution is 2.50. The molecule has 0 aliphatic carbocycles. The van der Waals surface area contributed by atoms with Gasteiger partial charge in [0.25, 0.3) is 0 Å². The third-order valence-corrected chi connectivity index (χ3v) is 5.01.